The molecule has 0 saturated carbocycles. The number of hydrogen-bond acceptors (Lipinski definition) is 5. The Bertz CT molecular complexity index is 527. The number of rotatable bonds is 2. The predicted octanol–water partition coefficient (Wildman–Crippen LogP) is 2.88. The normalized spacial score (nSPS) is 12.8. The van der Waals surface area contributed by atoms with E-state index in [-0.39, 0.29) is 9.90 Å². The van der Waals surface area contributed by atoms with Gasteiger partial charge in [0.15, 0.2) is 0 Å². The first-order valence-electron chi connectivity index (χ1n) is 4.27. The van der Waals surface area contributed by atoms with Crippen LogP contribution >= 0.6 is 22.0 Å². The third-order valence-electron chi connectivity index (χ3n) is 1.81. The van der Waals surface area contributed by atoms with Crippen LogP contribution in [0.2, 0.25) is 0 Å². The van der Waals surface area contributed by atoms with Crippen LogP contribution in [0.3, 0.4) is 0 Å². The highest BCUT2D eigenvalue weighted by Gasteiger charge is 2.31. The van der Waals surface area contributed by atoms with E-state index in [4.69, 9.17) is 10.7 Å². The highest BCUT2D eigenvalue weighted by Crippen LogP contribution is 2.40. The summed E-state index contributed by atoms with van der Waals surface area (Å²) in [5.41, 5.74) is -0.691. The van der Waals surface area contributed by atoms with Gasteiger partial charge >= 0.3 is 0 Å². The fourth-order valence-electron chi connectivity index (χ4n) is 1.15. The molecule has 90 valence electrons. The van der Waals surface area contributed by atoms with E-state index >= 15 is 0 Å². The van der Waals surface area contributed by atoms with Crippen LogP contribution in [0, 0.1) is 10.1 Å². The molecular weight excluding hydrogens is 274 g/mol. The summed E-state index contributed by atoms with van der Waals surface area (Å²) in [5.74, 6) is 0. The van der Waals surface area contributed by atoms with Crippen molar-refractivity contribution < 1.29 is 13.3 Å². The SMILES string of the molecule is CC(C)(C)c1sc(S(=O)(=O)Cl)cc1[N+](=O)[O-]. The summed E-state index contributed by atoms with van der Waals surface area (Å²) >= 11 is 0.840. The lowest BCUT2D eigenvalue weighted by Gasteiger charge is -2.14. The summed E-state index contributed by atoms with van der Waals surface area (Å²) in [5, 5.41) is 10.8. The zero-order valence-corrected chi connectivity index (χ0v) is 11.2. The molecule has 0 N–H and O–H groups in total. The third-order valence-corrected chi connectivity index (χ3v) is 5.43. The standard InChI is InChI=1S/C8H10ClNO4S2/c1-8(2,3)7-5(10(11)12)4-6(15-7)16(9,13)14/h4H,1-3H3. The Balaban J connectivity index is 3.50. The summed E-state index contributed by atoms with van der Waals surface area (Å²) in [7, 11) is 1.25. The lowest BCUT2D eigenvalue weighted by molar-refractivity contribution is -0.385. The predicted molar refractivity (Wildman–Crippen MR) is 62.7 cm³/mol. The van der Waals surface area contributed by atoms with E-state index in [0.29, 0.717) is 4.88 Å². The summed E-state index contributed by atoms with van der Waals surface area (Å²) in [6, 6.07) is 1.01. The van der Waals surface area contributed by atoms with Gasteiger partial charge in [0, 0.05) is 22.2 Å². The van der Waals surface area contributed by atoms with Gasteiger partial charge in [0.25, 0.3) is 14.7 Å². The molecule has 16 heavy (non-hydrogen) atoms. The van der Waals surface area contributed by atoms with Gasteiger partial charge in [-0.1, -0.05) is 20.8 Å². The molecule has 0 atom stereocenters. The molecule has 1 aromatic rings. The minimum Gasteiger partial charge on any atom is -0.258 e. The van der Waals surface area contributed by atoms with E-state index in [1.165, 1.54) is 0 Å². The van der Waals surface area contributed by atoms with Crippen LogP contribution in [0.5, 0.6) is 0 Å². The van der Waals surface area contributed by atoms with Crippen LogP contribution in [-0.2, 0) is 14.5 Å². The lowest BCUT2D eigenvalue weighted by Crippen LogP contribution is -2.10. The van der Waals surface area contributed by atoms with Gasteiger partial charge in [0.2, 0.25) is 0 Å². The van der Waals surface area contributed by atoms with Gasteiger partial charge in [-0.3, -0.25) is 10.1 Å². The van der Waals surface area contributed by atoms with Crippen molar-refractivity contribution in [3.05, 3.63) is 21.1 Å². The van der Waals surface area contributed by atoms with Crippen molar-refractivity contribution >= 4 is 36.8 Å². The van der Waals surface area contributed by atoms with Gasteiger partial charge in [-0.15, -0.1) is 11.3 Å². The number of halogens is 1. The zero-order chi connectivity index (χ0) is 12.7. The topological polar surface area (TPSA) is 77.3 Å². The molecule has 0 spiro atoms. The molecule has 0 saturated heterocycles. The van der Waals surface area contributed by atoms with Crippen molar-refractivity contribution in [2.75, 3.05) is 0 Å². The average molecular weight is 284 g/mol. The minimum absolute atomic E-state index is 0.189. The monoisotopic (exact) mass is 283 g/mol. The van der Waals surface area contributed by atoms with E-state index in [1.54, 1.807) is 20.8 Å². The van der Waals surface area contributed by atoms with Gasteiger partial charge in [-0.25, -0.2) is 8.42 Å². The Morgan fingerprint density at radius 2 is 1.94 bits per heavy atom. The largest absolute Gasteiger partial charge is 0.285 e. The Hall–Kier alpha value is -0.660. The molecular formula is C8H10ClNO4S2. The molecule has 0 bridgehead atoms. The molecule has 0 fully saturated rings. The Morgan fingerprint density at radius 3 is 2.19 bits per heavy atom. The lowest BCUT2D eigenvalue weighted by atomic mass is 9.94. The first-order chi connectivity index (χ1) is 7.03. The molecule has 5 nitrogen and oxygen atoms in total. The van der Waals surface area contributed by atoms with Crippen molar-refractivity contribution in [3.8, 4) is 0 Å². The number of hydrogen-bond donors (Lipinski definition) is 0. The summed E-state index contributed by atoms with van der Waals surface area (Å²) in [6.45, 7) is 5.32. The van der Waals surface area contributed by atoms with Crippen molar-refractivity contribution in [2.45, 2.75) is 30.4 Å². The first kappa shape index (κ1) is 13.4. The Kier molecular flexibility index (Phi) is 3.33. The fourth-order valence-corrected chi connectivity index (χ4v) is 3.39. The molecule has 0 aromatic carbocycles. The van der Waals surface area contributed by atoms with Crippen LogP contribution in [0.15, 0.2) is 10.3 Å². The smallest absolute Gasteiger partial charge is 0.258 e. The van der Waals surface area contributed by atoms with Crippen LogP contribution in [0.25, 0.3) is 0 Å². The van der Waals surface area contributed by atoms with Crippen LogP contribution in [0.4, 0.5) is 5.69 Å². The van der Waals surface area contributed by atoms with E-state index < -0.39 is 19.4 Å². The molecule has 0 aliphatic carbocycles. The molecule has 1 aromatic heterocycles. The molecule has 0 radical (unpaired) electrons. The Labute approximate surface area is 102 Å². The van der Waals surface area contributed by atoms with Crippen molar-refractivity contribution in [2.24, 2.45) is 0 Å². The zero-order valence-electron chi connectivity index (χ0n) is 8.85. The molecule has 0 aliphatic rings. The van der Waals surface area contributed by atoms with Gasteiger partial charge in [0.05, 0.1) is 9.80 Å². The molecule has 8 heteroatoms. The molecule has 0 aliphatic heterocycles. The fraction of sp³-hybridized carbons (Fsp3) is 0.500. The van der Waals surface area contributed by atoms with Crippen molar-refractivity contribution in [1.29, 1.82) is 0 Å². The average Bonchev–Trinajstić information content (AvgIpc) is 2.44. The van der Waals surface area contributed by atoms with Gasteiger partial charge in [0.1, 0.15) is 4.21 Å². The third kappa shape index (κ3) is 2.72. The number of nitro groups is 1. The van der Waals surface area contributed by atoms with Gasteiger partial charge < -0.3 is 0 Å². The maximum Gasteiger partial charge on any atom is 0.285 e. The Morgan fingerprint density at radius 1 is 1.44 bits per heavy atom. The van der Waals surface area contributed by atoms with Crippen LogP contribution in [-0.4, -0.2) is 13.3 Å². The molecule has 1 heterocycles. The molecule has 1 rings (SSSR count). The summed E-state index contributed by atoms with van der Waals surface area (Å²) in [6.07, 6.45) is 0. The highest BCUT2D eigenvalue weighted by atomic mass is 35.7. The minimum atomic E-state index is -3.91. The van der Waals surface area contributed by atoms with E-state index in [0.717, 1.165) is 17.4 Å². The second-order valence-electron chi connectivity index (χ2n) is 4.22. The van der Waals surface area contributed by atoms with Gasteiger partial charge in [-0.2, -0.15) is 0 Å². The quantitative estimate of drug-likeness (QED) is 0.475. The maximum atomic E-state index is 11.1. The van der Waals surface area contributed by atoms with E-state index in [9.17, 15) is 18.5 Å². The number of nitrogens with zero attached hydrogens (tertiary/aromatic N) is 1. The van der Waals surface area contributed by atoms with Crippen LogP contribution in [0.1, 0.15) is 25.6 Å². The van der Waals surface area contributed by atoms with Crippen LogP contribution < -0.4 is 0 Å². The summed E-state index contributed by atoms with van der Waals surface area (Å²) in [4.78, 5) is 10.6. The highest BCUT2D eigenvalue weighted by molar-refractivity contribution is 8.15. The maximum absolute atomic E-state index is 11.1. The first-order valence-corrected chi connectivity index (χ1v) is 7.39. The van der Waals surface area contributed by atoms with E-state index in [2.05, 4.69) is 0 Å². The number of thiophene rings is 1. The molecule has 0 unspecified atom stereocenters. The molecule has 0 amide bonds. The second-order valence-corrected chi connectivity index (χ2v) is 8.07. The van der Waals surface area contributed by atoms with Gasteiger partial charge in [-0.05, 0) is 0 Å². The summed E-state index contributed by atoms with van der Waals surface area (Å²) < 4.78 is 22.0. The van der Waals surface area contributed by atoms with Crippen molar-refractivity contribution in [1.82, 2.24) is 0 Å². The van der Waals surface area contributed by atoms with Crippen molar-refractivity contribution in [3.63, 3.8) is 0 Å². The second kappa shape index (κ2) is 3.97. The van der Waals surface area contributed by atoms with E-state index in [1.807, 2.05) is 0 Å².